The minimum atomic E-state index is -4.65. The highest BCUT2D eigenvalue weighted by Gasteiger charge is 2.46. The van der Waals surface area contributed by atoms with E-state index in [0.29, 0.717) is 60.7 Å². The number of hydroxylamine groups is 1. The monoisotopic (exact) mass is 849 g/mol. The first kappa shape index (κ1) is 43.2. The molecular formula is C38H52N5O13PS. The molecule has 4 aliphatic heterocycles. The molecule has 20 heteroatoms. The van der Waals surface area contributed by atoms with Gasteiger partial charge in [-0.05, 0) is 44.7 Å². The molecule has 0 aromatic heterocycles. The molecule has 0 aliphatic carbocycles. The molecule has 3 unspecified atom stereocenters. The normalized spacial score (nSPS) is 22.4. The highest BCUT2D eigenvalue weighted by molar-refractivity contribution is 7.86. The van der Waals surface area contributed by atoms with E-state index in [-0.39, 0.29) is 86.4 Å². The number of rotatable bonds is 19. The summed E-state index contributed by atoms with van der Waals surface area (Å²) in [5.74, 6) is 0.264. The molecule has 5 atom stereocenters. The number of unbranched alkanes of at least 4 members (excludes halogenated alkanes) is 1. The lowest BCUT2D eigenvalue weighted by atomic mass is 10.1. The van der Waals surface area contributed by atoms with Gasteiger partial charge in [-0.15, -0.1) is 0 Å². The van der Waals surface area contributed by atoms with Crippen LogP contribution in [-0.2, 0) is 24.0 Å². The quantitative estimate of drug-likeness (QED) is 0.0447. The number of carbonyl (C=O) groups excluding carboxylic acids is 2. The number of ether oxygens (including phenoxy) is 4. The Morgan fingerprint density at radius 3 is 1.88 bits per heavy atom. The van der Waals surface area contributed by atoms with Crippen molar-refractivity contribution in [1.82, 2.24) is 15.3 Å². The van der Waals surface area contributed by atoms with Crippen LogP contribution in [0.15, 0.2) is 48.6 Å². The van der Waals surface area contributed by atoms with Gasteiger partial charge in [0.15, 0.2) is 28.4 Å². The number of carbonyl (C=O) groups is 2. The molecule has 0 radical (unpaired) electrons. The van der Waals surface area contributed by atoms with Crippen LogP contribution in [0.2, 0.25) is 0 Å². The predicted molar refractivity (Wildman–Crippen MR) is 215 cm³/mol. The van der Waals surface area contributed by atoms with E-state index in [9.17, 15) is 27.1 Å². The number of nitrogens with zero attached hydrogens (tertiary/aromatic N) is 2. The van der Waals surface area contributed by atoms with Crippen molar-refractivity contribution in [3.05, 3.63) is 59.7 Å². The summed E-state index contributed by atoms with van der Waals surface area (Å²) in [7, 11) is -5.17. The van der Waals surface area contributed by atoms with Crippen LogP contribution in [0.1, 0.15) is 53.3 Å². The molecule has 4 heterocycles. The Bertz CT molecular complexity index is 2070. The zero-order chi connectivity index (χ0) is 41.8. The maximum atomic E-state index is 14.1. The van der Waals surface area contributed by atoms with Gasteiger partial charge in [-0.1, -0.05) is 24.3 Å². The molecule has 0 bridgehead atoms. The fraction of sp³-hybridized carbons (Fsp3) is 0.526. The molecule has 318 valence electrons. The summed E-state index contributed by atoms with van der Waals surface area (Å²) in [4.78, 5) is 36.2. The summed E-state index contributed by atoms with van der Waals surface area (Å²) in [6, 6.07) is 4.96. The largest absolute Gasteiger partial charge is 0.493 e. The van der Waals surface area contributed by atoms with Crippen molar-refractivity contribution in [1.29, 1.82) is 0 Å². The maximum Gasteiger partial charge on any atom is 0.288 e. The summed E-state index contributed by atoms with van der Waals surface area (Å²) in [5.41, 5.74) is 5.72. The Hall–Kier alpha value is -4.36. The molecule has 0 spiro atoms. The minimum Gasteiger partial charge on any atom is -0.493 e. The number of anilines is 2. The van der Waals surface area contributed by atoms with Crippen molar-refractivity contribution < 1.29 is 60.5 Å². The Morgan fingerprint density at radius 2 is 1.36 bits per heavy atom. The number of methoxy groups -OCH3 is 2. The number of fused-ring (bicyclic) bond motifs is 4. The van der Waals surface area contributed by atoms with E-state index in [4.69, 9.17) is 33.4 Å². The first-order valence-electron chi connectivity index (χ1n) is 19.0. The van der Waals surface area contributed by atoms with Crippen molar-refractivity contribution in [2.45, 2.75) is 56.2 Å². The Morgan fingerprint density at radius 1 is 0.828 bits per heavy atom. The fourth-order valence-corrected chi connectivity index (χ4v) is 10.2. The van der Waals surface area contributed by atoms with Crippen molar-refractivity contribution in [3.63, 3.8) is 0 Å². The van der Waals surface area contributed by atoms with Gasteiger partial charge >= 0.3 is 0 Å². The number of nitrogens with one attached hydrogen (secondary N) is 3. The number of aliphatic hydroxyl groups is 1. The second-order valence-electron chi connectivity index (χ2n) is 14.5. The number of amides is 2. The Balaban J connectivity index is 1.14. The summed E-state index contributed by atoms with van der Waals surface area (Å²) in [6.45, 7) is 10.7. The van der Waals surface area contributed by atoms with Crippen LogP contribution in [0.5, 0.6) is 23.0 Å². The molecule has 18 nitrogen and oxygen atoms in total. The third kappa shape index (κ3) is 9.41. The molecule has 2 saturated heterocycles. The molecule has 2 amide bonds. The smallest absolute Gasteiger partial charge is 0.288 e. The molecule has 4 aliphatic rings. The fourth-order valence-electron chi connectivity index (χ4n) is 7.63. The standard InChI is InChI=1S/C38H52N5O13PS/c1-6-56-57(47,14-12-54-34-20-28-26(18-32(34)52-5)38(46)43-22-24(3)16-30(43)36(40-28)58(48,49)50)13-11-53-33-19-27-25(17-31(33)51-4)37(45)42-21-23(2)15-29(42)35(39-27)41-55-10-8-7-9-44/h17-20,29-30,35-36,39-41,44H,2-3,6-16,21-22H2,1,4-5H3,(H,48,49,50)/t29-,30-,35?,36?,57?/m0/s1. The molecule has 2 fully saturated rings. The van der Waals surface area contributed by atoms with Gasteiger partial charge in [0.1, 0.15) is 6.17 Å². The molecule has 58 heavy (non-hydrogen) atoms. The van der Waals surface area contributed by atoms with E-state index in [0.717, 1.165) is 5.57 Å². The highest BCUT2D eigenvalue weighted by atomic mass is 32.2. The molecule has 5 N–H and O–H groups in total. The summed E-state index contributed by atoms with van der Waals surface area (Å²) < 4.78 is 78.1. The SMILES string of the molecule is C=C1C[C@H]2C(NOCCCCO)Nc3cc(OCCP(=O)(CCOc4cc5c(cc4OC)C(=O)N4CC(=C)C[C@H]4C(S(=O)(=O)O)N5)OCC)c(OC)cc3C(=O)N2C1. The number of benzene rings is 2. The second-order valence-corrected chi connectivity index (χ2v) is 18.8. The first-order chi connectivity index (χ1) is 27.7. The molecule has 2 aromatic carbocycles. The number of hydrogen-bond donors (Lipinski definition) is 5. The van der Waals surface area contributed by atoms with Crippen molar-refractivity contribution in [2.24, 2.45) is 0 Å². The first-order valence-corrected chi connectivity index (χ1v) is 22.5. The maximum absolute atomic E-state index is 14.1. The van der Waals surface area contributed by atoms with E-state index in [2.05, 4.69) is 29.3 Å². The highest BCUT2D eigenvalue weighted by Crippen LogP contribution is 2.47. The van der Waals surface area contributed by atoms with Crippen LogP contribution < -0.4 is 35.1 Å². The van der Waals surface area contributed by atoms with Gasteiger partial charge in [-0.25, -0.2) is 0 Å². The molecule has 0 saturated carbocycles. The lowest BCUT2D eigenvalue weighted by Gasteiger charge is -2.29. The average Bonchev–Trinajstić information content (AvgIpc) is 3.71. The number of aliphatic hydroxyl groups excluding tert-OH is 1. The van der Waals surface area contributed by atoms with E-state index in [1.165, 1.54) is 31.3 Å². The van der Waals surface area contributed by atoms with E-state index in [1.54, 1.807) is 24.0 Å². The van der Waals surface area contributed by atoms with Crippen LogP contribution in [0.4, 0.5) is 11.4 Å². The Kier molecular flexibility index (Phi) is 13.6. The van der Waals surface area contributed by atoms with Gasteiger partial charge in [-0.3, -0.25) is 23.5 Å². The third-order valence-electron chi connectivity index (χ3n) is 10.4. The predicted octanol–water partition coefficient (Wildman–Crippen LogP) is 3.70. The van der Waals surface area contributed by atoms with Gasteiger partial charge in [0.25, 0.3) is 21.9 Å². The van der Waals surface area contributed by atoms with Gasteiger partial charge < -0.3 is 49.0 Å². The summed E-state index contributed by atoms with van der Waals surface area (Å²) in [5, 5.41) is 13.8. The lowest BCUT2D eigenvalue weighted by molar-refractivity contribution is 0.00192. The summed E-state index contributed by atoms with van der Waals surface area (Å²) >= 11 is 0. The zero-order valence-electron chi connectivity index (χ0n) is 32.9. The minimum absolute atomic E-state index is 0.00342. The van der Waals surface area contributed by atoms with Crippen LogP contribution >= 0.6 is 7.37 Å². The van der Waals surface area contributed by atoms with Crippen molar-refractivity contribution >= 4 is 40.7 Å². The van der Waals surface area contributed by atoms with E-state index < -0.39 is 41.0 Å². The van der Waals surface area contributed by atoms with E-state index in [1.807, 2.05) is 0 Å². The molecule has 6 rings (SSSR count). The number of hydrogen-bond acceptors (Lipinski definition) is 15. The van der Waals surface area contributed by atoms with Crippen LogP contribution in [-0.4, -0.2) is 136 Å². The van der Waals surface area contributed by atoms with Crippen molar-refractivity contribution in [2.75, 3.05) is 83.3 Å². The van der Waals surface area contributed by atoms with Gasteiger partial charge in [0.05, 0.1) is 87.6 Å². The molecule has 2 aromatic rings. The van der Waals surface area contributed by atoms with Gasteiger partial charge in [0.2, 0.25) is 7.37 Å². The average molecular weight is 850 g/mol. The van der Waals surface area contributed by atoms with Gasteiger partial charge in [-0.2, -0.15) is 13.9 Å². The van der Waals surface area contributed by atoms with Crippen LogP contribution in [0.3, 0.4) is 0 Å². The zero-order valence-corrected chi connectivity index (χ0v) is 34.6. The second kappa shape index (κ2) is 18.3. The Labute approximate surface area is 338 Å². The van der Waals surface area contributed by atoms with Crippen LogP contribution in [0, 0.1) is 0 Å². The third-order valence-corrected chi connectivity index (χ3v) is 14.0. The lowest BCUT2D eigenvalue weighted by Crippen LogP contribution is -2.51. The molecular weight excluding hydrogens is 797 g/mol. The van der Waals surface area contributed by atoms with E-state index >= 15 is 0 Å². The van der Waals surface area contributed by atoms with Crippen LogP contribution in [0.25, 0.3) is 0 Å². The topological polar surface area (TPSA) is 224 Å². The summed E-state index contributed by atoms with van der Waals surface area (Å²) in [6.07, 6.45) is 1.49. The van der Waals surface area contributed by atoms with Gasteiger partial charge in [0, 0.05) is 31.8 Å². The van der Waals surface area contributed by atoms with Crippen molar-refractivity contribution in [3.8, 4) is 23.0 Å².